The summed E-state index contributed by atoms with van der Waals surface area (Å²) in [5.74, 6) is 0.847. The van der Waals surface area contributed by atoms with Crippen molar-refractivity contribution in [1.29, 1.82) is 0 Å². The molecule has 1 aromatic rings. The molecule has 0 radical (unpaired) electrons. The summed E-state index contributed by atoms with van der Waals surface area (Å²) in [6.07, 6.45) is 3.81. The van der Waals surface area contributed by atoms with E-state index in [2.05, 4.69) is 43.4 Å². The van der Waals surface area contributed by atoms with Gasteiger partial charge in [0.2, 0.25) is 0 Å². The van der Waals surface area contributed by atoms with Crippen molar-refractivity contribution in [2.45, 2.75) is 45.8 Å². The molecule has 2 heteroatoms. The maximum absolute atomic E-state index is 5.79. The van der Waals surface area contributed by atoms with E-state index >= 15 is 0 Å². The summed E-state index contributed by atoms with van der Waals surface area (Å²) in [4.78, 5) is 0. The lowest BCUT2D eigenvalue weighted by molar-refractivity contribution is 0.111. The molecule has 1 saturated carbocycles. The van der Waals surface area contributed by atoms with E-state index in [1.807, 2.05) is 0 Å². The summed E-state index contributed by atoms with van der Waals surface area (Å²) in [6, 6.07) is 9.20. The van der Waals surface area contributed by atoms with Crippen molar-refractivity contribution in [3.8, 4) is 0 Å². The Hall–Kier alpha value is -0.860. The van der Waals surface area contributed by atoms with Gasteiger partial charge in [-0.1, -0.05) is 38.1 Å². The van der Waals surface area contributed by atoms with Gasteiger partial charge in [-0.3, -0.25) is 0 Å². The van der Waals surface area contributed by atoms with Gasteiger partial charge >= 0.3 is 0 Å². The molecule has 1 aliphatic rings. The highest BCUT2D eigenvalue weighted by Gasteiger charge is 2.21. The second-order valence-corrected chi connectivity index (χ2v) is 5.59. The third kappa shape index (κ3) is 4.79. The van der Waals surface area contributed by atoms with E-state index in [1.165, 1.54) is 24.0 Å². The first-order chi connectivity index (χ1) is 8.75. The molecule has 0 bridgehead atoms. The van der Waals surface area contributed by atoms with Crippen LogP contribution in [0.15, 0.2) is 24.3 Å². The predicted octanol–water partition coefficient (Wildman–Crippen LogP) is 3.15. The standard InChI is InChI=1S/C16H25NO/c1-13(2)17-10-9-15-5-3-4-6-16(15)12-18-11-14-7-8-14/h3-6,13-14,17H,7-12H2,1-2H3. The molecule has 2 nitrogen and oxygen atoms in total. The largest absolute Gasteiger partial charge is 0.376 e. The summed E-state index contributed by atoms with van der Waals surface area (Å²) in [5, 5.41) is 3.46. The zero-order chi connectivity index (χ0) is 12.8. The van der Waals surface area contributed by atoms with Gasteiger partial charge in [-0.05, 0) is 42.9 Å². The molecule has 18 heavy (non-hydrogen) atoms. The van der Waals surface area contributed by atoms with E-state index < -0.39 is 0 Å². The molecule has 1 aliphatic carbocycles. The van der Waals surface area contributed by atoms with Crippen LogP contribution in [0.1, 0.15) is 37.8 Å². The molecule has 0 heterocycles. The van der Waals surface area contributed by atoms with E-state index in [0.717, 1.165) is 32.1 Å². The van der Waals surface area contributed by atoms with Crippen LogP contribution in [0.5, 0.6) is 0 Å². The molecule has 0 aromatic heterocycles. The number of benzene rings is 1. The van der Waals surface area contributed by atoms with Gasteiger partial charge in [0, 0.05) is 12.6 Å². The fourth-order valence-corrected chi connectivity index (χ4v) is 2.06. The maximum Gasteiger partial charge on any atom is 0.0719 e. The Morgan fingerprint density at radius 1 is 1.22 bits per heavy atom. The topological polar surface area (TPSA) is 21.3 Å². The first-order valence-corrected chi connectivity index (χ1v) is 7.13. The summed E-state index contributed by atoms with van der Waals surface area (Å²) in [7, 11) is 0. The van der Waals surface area contributed by atoms with Crippen LogP contribution in [0.25, 0.3) is 0 Å². The van der Waals surface area contributed by atoms with Gasteiger partial charge in [-0.25, -0.2) is 0 Å². The van der Waals surface area contributed by atoms with Crippen LogP contribution in [0.2, 0.25) is 0 Å². The highest BCUT2D eigenvalue weighted by molar-refractivity contribution is 5.26. The molecular formula is C16H25NO. The molecule has 0 saturated heterocycles. The normalized spacial score (nSPS) is 15.3. The van der Waals surface area contributed by atoms with Crippen molar-refractivity contribution in [1.82, 2.24) is 5.32 Å². The molecule has 0 amide bonds. The van der Waals surface area contributed by atoms with Crippen LogP contribution in [0.3, 0.4) is 0 Å². The van der Waals surface area contributed by atoms with Gasteiger partial charge in [0.05, 0.1) is 6.61 Å². The van der Waals surface area contributed by atoms with Gasteiger partial charge in [0.1, 0.15) is 0 Å². The Morgan fingerprint density at radius 3 is 2.61 bits per heavy atom. The molecule has 1 aromatic carbocycles. The van der Waals surface area contributed by atoms with Crippen molar-refractivity contribution in [3.63, 3.8) is 0 Å². The van der Waals surface area contributed by atoms with E-state index in [4.69, 9.17) is 4.74 Å². The minimum absolute atomic E-state index is 0.559. The second kappa shape index (κ2) is 6.91. The fraction of sp³-hybridized carbons (Fsp3) is 0.625. The van der Waals surface area contributed by atoms with Crippen LogP contribution < -0.4 is 5.32 Å². The third-order valence-corrected chi connectivity index (χ3v) is 3.37. The maximum atomic E-state index is 5.79. The molecule has 1 fully saturated rings. The third-order valence-electron chi connectivity index (χ3n) is 3.37. The first kappa shape index (κ1) is 13.6. The molecule has 2 rings (SSSR count). The highest BCUT2D eigenvalue weighted by atomic mass is 16.5. The van der Waals surface area contributed by atoms with Crippen molar-refractivity contribution >= 4 is 0 Å². The van der Waals surface area contributed by atoms with E-state index in [9.17, 15) is 0 Å². The van der Waals surface area contributed by atoms with Crippen molar-refractivity contribution < 1.29 is 4.74 Å². The number of rotatable bonds is 8. The Labute approximate surface area is 111 Å². The SMILES string of the molecule is CC(C)NCCc1ccccc1COCC1CC1. The number of hydrogen-bond acceptors (Lipinski definition) is 2. The van der Waals surface area contributed by atoms with Crippen LogP contribution in [0, 0.1) is 5.92 Å². The Kier molecular flexibility index (Phi) is 5.21. The van der Waals surface area contributed by atoms with Gasteiger partial charge in [-0.15, -0.1) is 0 Å². The smallest absolute Gasteiger partial charge is 0.0719 e. The van der Waals surface area contributed by atoms with E-state index in [-0.39, 0.29) is 0 Å². The second-order valence-electron chi connectivity index (χ2n) is 5.59. The zero-order valence-electron chi connectivity index (χ0n) is 11.6. The van der Waals surface area contributed by atoms with E-state index in [0.29, 0.717) is 6.04 Å². The number of ether oxygens (including phenoxy) is 1. The lowest BCUT2D eigenvalue weighted by atomic mass is 10.1. The molecule has 1 N–H and O–H groups in total. The summed E-state index contributed by atoms with van der Waals surface area (Å²) in [6.45, 7) is 7.12. The van der Waals surface area contributed by atoms with Crippen molar-refractivity contribution in [3.05, 3.63) is 35.4 Å². The number of hydrogen-bond donors (Lipinski definition) is 1. The Bertz CT molecular complexity index is 331. The average molecular weight is 247 g/mol. The lowest BCUT2D eigenvalue weighted by Gasteiger charge is -2.12. The molecule has 0 spiro atoms. The summed E-state index contributed by atoms with van der Waals surface area (Å²) >= 11 is 0. The number of nitrogens with one attached hydrogen (secondary N) is 1. The predicted molar refractivity (Wildman–Crippen MR) is 75.7 cm³/mol. The van der Waals surface area contributed by atoms with Crippen LogP contribution in [-0.2, 0) is 17.8 Å². The van der Waals surface area contributed by atoms with Gasteiger partial charge in [0.25, 0.3) is 0 Å². The molecule has 0 unspecified atom stereocenters. The van der Waals surface area contributed by atoms with Crippen LogP contribution in [0.4, 0.5) is 0 Å². The van der Waals surface area contributed by atoms with Crippen molar-refractivity contribution in [2.24, 2.45) is 5.92 Å². The fourth-order valence-electron chi connectivity index (χ4n) is 2.06. The molecular weight excluding hydrogens is 222 g/mol. The molecule has 0 atom stereocenters. The average Bonchev–Trinajstić information content (AvgIpc) is 3.15. The molecule has 0 aliphatic heterocycles. The zero-order valence-corrected chi connectivity index (χ0v) is 11.6. The minimum atomic E-state index is 0.559. The van der Waals surface area contributed by atoms with Gasteiger partial charge < -0.3 is 10.1 Å². The van der Waals surface area contributed by atoms with Crippen molar-refractivity contribution in [2.75, 3.05) is 13.2 Å². The molecule has 100 valence electrons. The van der Waals surface area contributed by atoms with Crippen LogP contribution >= 0.6 is 0 Å². The Morgan fingerprint density at radius 2 is 1.94 bits per heavy atom. The quantitative estimate of drug-likeness (QED) is 0.762. The highest BCUT2D eigenvalue weighted by Crippen LogP contribution is 2.29. The minimum Gasteiger partial charge on any atom is -0.376 e. The van der Waals surface area contributed by atoms with Gasteiger partial charge in [0.15, 0.2) is 0 Å². The summed E-state index contributed by atoms with van der Waals surface area (Å²) in [5.41, 5.74) is 2.77. The van der Waals surface area contributed by atoms with Crippen LogP contribution in [-0.4, -0.2) is 19.2 Å². The van der Waals surface area contributed by atoms with Gasteiger partial charge in [-0.2, -0.15) is 0 Å². The lowest BCUT2D eigenvalue weighted by Crippen LogP contribution is -2.25. The summed E-state index contributed by atoms with van der Waals surface area (Å²) < 4.78 is 5.79. The monoisotopic (exact) mass is 247 g/mol. The first-order valence-electron chi connectivity index (χ1n) is 7.13. The van der Waals surface area contributed by atoms with E-state index in [1.54, 1.807) is 0 Å². The Balaban J connectivity index is 1.79.